The molecule has 3 rings (SSSR count). The molecule has 2 aromatic rings. The maximum absolute atomic E-state index is 4.19. The Kier molecular flexibility index (Phi) is 4.20. The Balaban J connectivity index is 1.67. The molecule has 1 aliphatic heterocycles. The van der Waals surface area contributed by atoms with Gasteiger partial charge in [0, 0.05) is 31.5 Å². The van der Waals surface area contributed by atoms with Gasteiger partial charge in [0.05, 0.1) is 12.2 Å². The third-order valence-corrected chi connectivity index (χ3v) is 3.98. The van der Waals surface area contributed by atoms with E-state index < -0.39 is 0 Å². The summed E-state index contributed by atoms with van der Waals surface area (Å²) in [4.78, 5) is 2.48. The van der Waals surface area contributed by atoms with E-state index in [1.165, 1.54) is 17.7 Å². The van der Waals surface area contributed by atoms with Gasteiger partial charge in [0.15, 0.2) is 0 Å². The van der Waals surface area contributed by atoms with Crippen molar-refractivity contribution in [3.63, 3.8) is 0 Å². The predicted octanol–water partition coefficient (Wildman–Crippen LogP) is 1.70. The molecule has 1 aliphatic rings. The van der Waals surface area contributed by atoms with E-state index in [0.29, 0.717) is 5.92 Å². The Morgan fingerprint density at radius 3 is 3.00 bits per heavy atom. The second kappa shape index (κ2) is 6.26. The summed E-state index contributed by atoms with van der Waals surface area (Å²) >= 11 is 0. The van der Waals surface area contributed by atoms with E-state index in [9.17, 15) is 0 Å². The lowest BCUT2D eigenvalue weighted by atomic mass is 9.94. The van der Waals surface area contributed by atoms with Gasteiger partial charge in [0.25, 0.3) is 0 Å². The lowest BCUT2D eigenvalue weighted by Crippen LogP contribution is -2.36. The van der Waals surface area contributed by atoms with Gasteiger partial charge < -0.3 is 10.2 Å². The van der Waals surface area contributed by atoms with E-state index in [-0.39, 0.29) is 0 Å². The van der Waals surface area contributed by atoms with Crippen LogP contribution in [0.3, 0.4) is 0 Å². The highest BCUT2D eigenvalue weighted by Crippen LogP contribution is 2.29. The van der Waals surface area contributed by atoms with E-state index in [0.717, 1.165) is 31.9 Å². The second-order valence-electron chi connectivity index (χ2n) is 5.89. The topological polar surface area (TPSA) is 46.0 Å². The summed E-state index contributed by atoms with van der Waals surface area (Å²) in [5.41, 5.74) is 3.83. The fourth-order valence-corrected chi connectivity index (χ4v) is 3.05. The number of rotatable bonds is 5. The Hall–Kier alpha value is -1.88. The van der Waals surface area contributed by atoms with Crippen LogP contribution in [-0.4, -0.2) is 35.1 Å². The van der Waals surface area contributed by atoms with Crippen molar-refractivity contribution < 1.29 is 0 Å². The van der Waals surface area contributed by atoms with Gasteiger partial charge in [-0.15, -0.1) is 5.10 Å². The average Bonchev–Trinajstić information content (AvgIpc) is 2.93. The molecular formula is C16H23N5. The molecule has 5 nitrogen and oxygen atoms in total. The zero-order valence-electron chi connectivity index (χ0n) is 12.8. The van der Waals surface area contributed by atoms with Crippen LogP contribution in [0.25, 0.3) is 0 Å². The smallest absolute Gasteiger partial charge is 0.0964 e. The lowest BCUT2D eigenvalue weighted by Gasteiger charge is -2.34. The molecule has 2 heterocycles. The molecular weight excluding hydrogens is 262 g/mol. The van der Waals surface area contributed by atoms with E-state index in [4.69, 9.17) is 0 Å². The third-order valence-electron chi connectivity index (χ3n) is 3.98. The van der Waals surface area contributed by atoms with Crippen molar-refractivity contribution >= 4 is 5.69 Å². The summed E-state index contributed by atoms with van der Waals surface area (Å²) in [5.74, 6) is 0.704. The van der Waals surface area contributed by atoms with Crippen LogP contribution < -0.4 is 10.2 Å². The number of hydrogen-bond acceptors (Lipinski definition) is 4. The van der Waals surface area contributed by atoms with Crippen molar-refractivity contribution in [3.05, 3.63) is 41.7 Å². The molecule has 0 amide bonds. The summed E-state index contributed by atoms with van der Waals surface area (Å²) in [6.45, 7) is 6.06. The molecule has 0 radical (unpaired) electrons. The molecule has 1 aromatic carbocycles. The molecule has 0 spiro atoms. The van der Waals surface area contributed by atoms with Crippen LogP contribution in [-0.2, 0) is 19.5 Å². The Morgan fingerprint density at radius 2 is 2.14 bits per heavy atom. The molecule has 21 heavy (non-hydrogen) atoms. The maximum Gasteiger partial charge on any atom is 0.0964 e. The van der Waals surface area contributed by atoms with Crippen LogP contribution >= 0.6 is 0 Å². The Morgan fingerprint density at radius 1 is 1.29 bits per heavy atom. The van der Waals surface area contributed by atoms with Gasteiger partial charge in [0.2, 0.25) is 0 Å². The minimum atomic E-state index is 0.704. The number of fused-ring (bicyclic) bond motifs is 1. The van der Waals surface area contributed by atoms with Crippen LogP contribution in [0.2, 0.25) is 0 Å². The van der Waals surface area contributed by atoms with E-state index >= 15 is 0 Å². The van der Waals surface area contributed by atoms with Gasteiger partial charge >= 0.3 is 0 Å². The first-order valence-corrected chi connectivity index (χ1v) is 7.62. The minimum Gasteiger partial charge on any atom is -0.369 e. The Bertz CT molecular complexity index is 592. The number of benzene rings is 1. The van der Waals surface area contributed by atoms with Crippen LogP contribution in [0.15, 0.2) is 30.5 Å². The average molecular weight is 285 g/mol. The predicted molar refractivity (Wildman–Crippen MR) is 84.3 cm³/mol. The van der Waals surface area contributed by atoms with Gasteiger partial charge in [-0.05, 0) is 31.0 Å². The number of anilines is 1. The standard InChI is InChI=1S/C16H23N5/c1-13-9-14-5-3-4-6-16(14)20(11-13)7-8-21-12-15(10-17-2)18-19-21/h3-6,12-13,17H,7-11H2,1-2H3. The maximum atomic E-state index is 4.19. The van der Waals surface area contributed by atoms with Crippen molar-refractivity contribution in [1.29, 1.82) is 0 Å². The summed E-state index contributed by atoms with van der Waals surface area (Å²) in [7, 11) is 1.92. The molecule has 0 saturated heterocycles. The molecule has 1 aromatic heterocycles. The zero-order valence-corrected chi connectivity index (χ0v) is 12.8. The van der Waals surface area contributed by atoms with Crippen LogP contribution in [0.5, 0.6) is 0 Å². The number of para-hydroxylation sites is 1. The van der Waals surface area contributed by atoms with E-state index in [1.54, 1.807) is 0 Å². The van der Waals surface area contributed by atoms with Crippen LogP contribution in [0, 0.1) is 5.92 Å². The summed E-state index contributed by atoms with van der Waals surface area (Å²) < 4.78 is 1.94. The lowest BCUT2D eigenvalue weighted by molar-refractivity contribution is 0.502. The monoisotopic (exact) mass is 285 g/mol. The molecule has 5 heteroatoms. The van der Waals surface area contributed by atoms with Crippen LogP contribution in [0.4, 0.5) is 5.69 Å². The van der Waals surface area contributed by atoms with Crippen molar-refractivity contribution in [2.24, 2.45) is 5.92 Å². The zero-order chi connectivity index (χ0) is 14.7. The van der Waals surface area contributed by atoms with Gasteiger partial charge in [-0.25, -0.2) is 0 Å². The fourth-order valence-electron chi connectivity index (χ4n) is 3.05. The molecule has 0 fully saturated rings. The SMILES string of the molecule is CNCc1cn(CCN2CC(C)Cc3ccccc32)nn1. The molecule has 112 valence electrons. The molecule has 1 N–H and O–H groups in total. The normalized spacial score (nSPS) is 17.8. The number of nitrogens with zero attached hydrogens (tertiary/aromatic N) is 4. The number of hydrogen-bond donors (Lipinski definition) is 1. The van der Waals surface area contributed by atoms with Crippen molar-refractivity contribution in [3.8, 4) is 0 Å². The number of nitrogens with one attached hydrogen (secondary N) is 1. The molecule has 0 aliphatic carbocycles. The van der Waals surface area contributed by atoms with E-state index in [1.807, 2.05) is 17.9 Å². The number of aromatic nitrogens is 3. The molecule has 1 atom stereocenters. The highest BCUT2D eigenvalue weighted by atomic mass is 15.4. The third kappa shape index (κ3) is 3.24. The summed E-state index contributed by atoms with van der Waals surface area (Å²) in [6, 6.07) is 8.74. The van der Waals surface area contributed by atoms with E-state index in [2.05, 4.69) is 51.7 Å². The Labute approximate surface area is 126 Å². The first-order valence-electron chi connectivity index (χ1n) is 7.62. The highest BCUT2D eigenvalue weighted by Gasteiger charge is 2.20. The summed E-state index contributed by atoms with van der Waals surface area (Å²) in [6.07, 6.45) is 3.21. The first-order chi connectivity index (χ1) is 10.3. The van der Waals surface area contributed by atoms with Gasteiger partial charge in [0.1, 0.15) is 0 Å². The van der Waals surface area contributed by atoms with Crippen molar-refractivity contribution in [1.82, 2.24) is 20.3 Å². The van der Waals surface area contributed by atoms with Crippen molar-refractivity contribution in [2.75, 3.05) is 25.0 Å². The first kappa shape index (κ1) is 14.1. The molecule has 0 saturated carbocycles. The second-order valence-corrected chi connectivity index (χ2v) is 5.89. The summed E-state index contributed by atoms with van der Waals surface area (Å²) in [5, 5.41) is 11.5. The largest absolute Gasteiger partial charge is 0.369 e. The quantitative estimate of drug-likeness (QED) is 0.908. The van der Waals surface area contributed by atoms with Crippen LogP contribution in [0.1, 0.15) is 18.2 Å². The van der Waals surface area contributed by atoms with Gasteiger partial charge in [-0.2, -0.15) is 0 Å². The van der Waals surface area contributed by atoms with Crippen molar-refractivity contribution in [2.45, 2.75) is 26.4 Å². The molecule has 1 unspecified atom stereocenters. The minimum absolute atomic E-state index is 0.704. The highest BCUT2D eigenvalue weighted by molar-refractivity contribution is 5.55. The molecule has 0 bridgehead atoms. The van der Waals surface area contributed by atoms with Gasteiger partial charge in [-0.1, -0.05) is 30.3 Å². The van der Waals surface area contributed by atoms with Gasteiger partial charge in [-0.3, -0.25) is 4.68 Å². The fraction of sp³-hybridized carbons (Fsp3) is 0.500.